The number of hydrogen-bond acceptors (Lipinski definition) is 5. The van der Waals surface area contributed by atoms with Crippen molar-refractivity contribution in [3.63, 3.8) is 0 Å². The number of carbonyl (C=O) groups excluding carboxylic acids is 4. The molecule has 3 aromatic carbocycles. The van der Waals surface area contributed by atoms with Crippen LogP contribution >= 0.6 is 39.1 Å². The highest BCUT2D eigenvalue weighted by Crippen LogP contribution is 2.66. The predicted octanol–water partition coefficient (Wildman–Crippen LogP) is 5.46. The van der Waals surface area contributed by atoms with Gasteiger partial charge in [-0.05, 0) is 47.7 Å². The van der Waals surface area contributed by atoms with Crippen LogP contribution in [-0.2, 0) is 19.2 Å². The van der Waals surface area contributed by atoms with E-state index in [9.17, 15) is 24.3 Å². The minimum Gasteiger partial charge on any atom is -0.508 e. The lowest BCUT2D eigenvalue weighted by atomic mass is 9.56. The van der Waals surface area contributed by atoms with Crippen molar-refractivity contribution >= 4 is 79.2 Å². The van der Waals surface area contributed by atoms with Gasteiger partial charge < -0.3 is 5.11 Å². The Balaban J connectivity index is 1.47. The largest absolute Gasteiger partial charge is 0.508 e. The van der Waals surface area contributed by atoms with E-state index >= 15 is 0 Å². The summed E-state index contributed by atoms with van der Waals surface area (Å²) in [4.78, 5) is 53.8. The molecule has 6 unspecified atom stereocenters. The van der Waals surface area contributed by atoms with Crippen molar-refractivity contribution in [2.45, 2.75) is 28.5 Å². The van der Waals surface area contributed by atoms with Gasteiger partial charge in [0, 0.05) is 11.5 Å². The van der Waals surface area contributed by atoms with E-state index in [-0.39, 0.29) is 35.9 Å². The summed E-state index contributed by atoms with van der Waals surface area (Å²) in [6, 6.07) is 19.4. The SMILES string of the molecule is O=C1C2CC=C3C(CC4(Cl)C(=O)N(CBr)C(=O)C4(Cl)C3c3c(O)ccc4ccccc34)C2C(=O)N1c1ccccc1. The zero-order valence-corrected chi connectivity index (χ0v) is 24.6. The summed E-state index contributed by atoms with van der Waals surface area (Å²) in [6.07, 6.45) is 2.01. The molecule has 4 amide bonds. The molecular weight excluding hydrogens is 631 g/mol. The normalized spacial score (nSPS) is 32.7. The number of allylic oxidation sites excluding steroid dienone is 2. The van der Waals surface area contributed by atoms with Crippen molar-refractivity contribution in [2.24, 2.45) is 17.8 Å². The van der Waals surface area contributed by atoms with Gasteiger partial charge >= 0.3 is 0 Å². The third-order valence-electron chi connectivity index (χ3n) is 9.27. The topological polar surface area (TPSA) is 95.0 Å². The number of para-hydroxylation sites is 1. The average molecular weight is 654 g/mol. The number of carbonyl (C=O) groups is 4. The lowest BCUT2D eigenvalue weighted by Crippen LogP contribution is -2.60. The Hall–Kier alpha value is -3.20. The van der Waals surface area contributed by atoms with Gasteiger partial charge in [-0.15, -0.1) is 23.2 Å². The van der Waals surface area contributed by atoms with Crippen LogP contribution in [0.5, 0.6) is 5.75 Å². The molecule has 7 nitrogen and oxygen atoms in total. The molecule has 2 aliphatic heterocycles. The predicted molar refractivity (Wildman–Crippen MR) is 158 cm³/mol. The van der Waals surface area contributed by atoms with Crippen LogP contribution in [0.1, 0.15) is 24.3 Å². The second-order valence-corrected chi connectivity index (χ2v) is 12.8. The Morgan fingerprint density at radius 2 is 1.59 bits per heavy atom. The maximum Gasteiger partial charge on any atom is 0.254 e. The summed E-state index contributed by atoms with van der Waals surface area (Å²) < 4.78 is 0. The number of amides is 4. The number of rotatable bonds is 3. The molecule has 1 saturated carbocycles. The number of phenolic OH excluding ortho intramolecular Hbond substituents is 1. The molecule has 4 aliphatic rings. The Morgan fingerprint density at radius 3 is 2.32 bits per heavy atom. The fourth-order valence-corrected chi connectivity index (χ4v) is 8.90. The first-order valence-corrected chi connectivity index (χ1v) is 15.2. The van der Waals surface area contributed by atoms with E-state index in [0.717, 1.165) is 10.3 Å². The molecule has 1 N–H and O–H groups in total. The summed E-state index contributed by atoms with van der Waals surface area (Å²) in [5.74, 6) is -5.30. The minimum atomic E-state index is -1.99. The molecule has 41 heavy (non-hydrogen) atoms. The highest BCUT2D eigenvalue weighted by Gasteiger charge is 2.76. The fourth-order valence-electron chi connectivity index (χ4n) is 7.49. The number of fused-ring (bicyclic) bond motifs is 5. The van der Waals surface area contributed by atoms with Crippen molar-refractivity contribution in [3.8, 4) is 5.75 Å². The number of anilines is 1. The van der Waals surface area contributed by atoms with Crippen LogP contribution in [0, 0.1) is 17.8 Å². The van der Waals surface area contributed by atoms with Gasteiger partial charge in [-0.1, -0.05) is 76.1 Å². The lowest BCUT2D eigenvalue weighted by Gasteiger charge is -2.51. The van der Waals surface area contributed by atoms with Gasteiger partial charge in [-0.25, -0.2) is 0 Å². The number of benzene rings is 3. The monoisotopic (exact) mass is 652 g/mol. The first-order chi connectivity index (χ1) is 19.6. The van der Waals surface area contributed by atoms with Crippen LogP contribution < -0.4 is 4.90 Å². The highest BCUT2D eigenvalue weighted by atomic mass is 79.9. The maximum atomic E-state index is 14.1. The van der Waals surface area contributed by atoms with Gasteiger partial charge in [0.05, 0.1) is 23.0 Å². The molecule has 0 spiro atoms. The molecule has 7 rings (SSSR count). The van der Waals surface area contributed by atoms with Crippen LogP contribution in [0.2, 0.25) is 0 Å². The van der Waals surface area contributed by atoms with Crippen molar-refractivity contribution in [1.29, 1.82) is 0 Å². The maximum absolute atomic E-state index is 14.1. The number of imide groups is 2. The summed E-state index contributed by atoms with van der Waals surface area (Å²) >= 11 is 17.9. The molecule has 0 aromatic heterocycles. The van der Waals surface area contributed by atoms with E-state index in [4.69, 9.17) is 23.2 Å². The van der Waals surface area contributed by atoms with Crippen molar-refractivity contribution in [2.75, 3.05) is 10.4 Å². The van der Waals surface area contributed by atoms with Crippen LogP contribution in [0.25, 0.3) is 10.8 Å². The van der Waals surface area contributed by atoms with E-state index in [1.54, 1.807) is 36.4 Å². The van der Waals surface area contributed by atoms with Crippen molar-refractivity contribution in [1.82, 2.24) is 4.90 Å². The Bertz CT molecular complexity index is 1710. The molecular formula is C31H23BrCl2N2O5. The molecule has 0 bridgehead atoms. The van der Waals surface area contributed by atoms with Gasteiger partial charge in [-0.3, -0.25) is 29.0 Å². The zero-order valence-electron chi connectivity index (χ0n) is 21.5. The van der Waals surface area contributed by atoms with Gasteiger partial charge in [0.2, 0.25) is 11.8 Å². The van der Waals surface area contributed by atoms with Gasteiger partial charge in [0.15, 0.2) is 9.75 Å². The van der Waals surface area contributed by atoms with Crippen LogP contribution in [0.3, 0.4) is 0 Å². The smallest absolute Gasteiger partial charge is 0.254 e. The van der Waals surface area contributed by atoms with Crippen LogP contribution in [-0.4, -0.2) is 48.8 Å². The van der Waals surface area contributed by atoms with Gasteiger partial charge in [0.1, 0.15) is 5.75 Å². The first-order valence-electron chi connectivity index (χ1n) is 13.3. The van der Waals surface area contributed by atoms with Crippen molar-refractivity contribution in [3.05, 3.63) is 83.9 Å². The van der Waals surface area contributed by atoms with E-state index in [2.05, 4.69) is 15.9 Å². The summed E-state index contributed by atoms with van der Waals surface area (Å²) in [5, 5.41) is 12.8. The van der Waals surface area contributed by atoms with Crippen molar-refractivity contribution < 1.29 is 24.3 Å². The number of halogens is 3. The molecule has 3 fully saturated rings. The third kappa shape index (κ3) is 3.32. The number of alkyl halides is 3. The number of nitrogens with zero attached hydrogens (tertiary/aromatic N) is 2. The second-order valence-electron chi connectivity index (χ2n) is 11.1. The minimum absolute atomic E-state index is 0.103. The Kier molecular flexibility index (Phi) is 5.95. The third-order valence-corrected chi connectivity index (χ3v) is 11.2. The highest BCUT2D eigenvalue weighted by molar-refractivity contribution is 9.09. The molecule has 3 aromatic rings. The standard InChI is InChI=1S/C31H23BrCl2N2O5/c32-15-35-28(40)30(33)14-21-19(11-12-20-23(21)27(39)36(26(20)38)17-7-2-1-3-8-17)25(31(30,34)29(35)41)24-18-9-5-4-6-16(18)10-13-22(24)37/h1-11,13,20-21,23,25,37H,12,14-15H2. The summed E-state index contributed by atoms with van der Waals surface area (Å²) in [6.45, 7) is 0. The number of hydrogen-bond donors (Lipinski definition) is 1. The van der Waals surface area contributed by atoms with E-state index in [0.29, 0.717) is 22.2 Å². The van der Waals surface area contributed by atoms with E-state index in [1.807, 2.05) is 30.3 Å². The molecule has 6 atom stereocenters. The zero-order chi connectivity index (χ0) is 28.8. The number of likely N-dealkylation sites (tertiary alicyclic amines) is 1. The quantitative estimate of drug-likeness (QED) is 0.175. The van der Waals surface area contributed by atoms with Gasteiger partial charge in [-0.2, -0.15) is 0 Å². The molecule has 2 saturated heterocycles. The van der Waals surface area contributed by atoms with E-state index in [1.165, 1.54) is 11.0 Å². The Labute approximate surface area is 253 Å². The van der Waals surface area contributed by atoms with Gasteiger partial charge in [0.25, 0.3) is 11.8 Å². The molecule has 2 aliphatic carbocycles. The molecule has 2 heterocycles. The fraction of sp³-hybridized carbons (Fsp3) is 0.290. The van der Waals surface area contributed by atoms with Crippen LogP contribution in [0.4, 0.5) is 5.69 Å². The second kappa shape index (κ2) is 9.15. The molecule has 208 valence electrons. The van der Waals surface area contributed by atoms with E-state index < -0.39 is 45.2 Å². The van der Waals surface area contributed by atoms with Crippen LogP contribution in [0.15, 0.2) is 78.4 Å². The summed E-state index contributed by atoms with van der Waals surface area (Å²) in [5.41, 5.74) is 1.36. The first kappa shape index (κ1) is 26.7. The summed E-state index contributed by atoms with van der Waals surface area (Å²) in [7, 11) is 0. The average Bonchev–Trinajstić information content (AvgIpc) is 3.31. The lowest BCUT2D eigenvalue weighted by molar-refractivity contribution is -0.138. The molecule has 10 heteroatoms. The Morgan fingerprint density at radius 1 is 0.878 bits per heavy atom. The number of aromatic hydroxyl groups is 1. The number of phenols is 1. The molecule has 0 radical (unpaired) electrons.